The summed E-state index contributed by atoms with van der Waals surface area (Å²) in [6.07, 6.45) is 1.16. The molecule has 0 aliphatic carbocycles. The zero-order valence-electron chi connectivity index (χ0n) is 12.0. The van der Waals surface area contributed by atoms with Crippen molar-refractivity contribution in [3.63, 3.8) is 0 Å². The van der Waals surface area contributed by atoms with Gasteiger partial charge < -0.3 is 10.8 Å². The average molecular weight is 262 g/mol. The molecule has 106 valence electrons. The van der Waals surface area contributed by atoms with E-state index in [0.29, 0.717) is 11.8 Å². The molecule has 1 aromatic carbocycles. The van der Waals surface area contributed by atoms with E-state index in [1.807, 2.05) is 0 Å². The molecule has 3 atom stereocenters. The molecule has 0 saturated carbocycles. The van der Waals surface area contributed by atoms with Crippen LogP contribution < -0.4 is 5.73 Å². The first kappa shape index (κ1) is 14.5. The molecule has 0 amide bonds. The van der Waals surface area contributed by atoms with Crippen LogP contribution in [0.15, 0.2) is 30.3 Å². The van der Waals surface area contributed by atoms with Crippen molar-refractivity contribution in [2.45, 2.75) is 38.3 Å². The van der Waals surface area contributed by atoms with Crippen molar-refractivity contribution in [2.75, 3.05) is 19.7 Å². The van der Waals surface area contributed by atoms with Crippen LogP contribution in [0.1, 0.15) is 31.7 Å². The van der Waals surface area contributed by atoms with Crippen LogP contribution in [0, 0.1) is 5.92 Å². The molecule has 2 rings (SSSR count). The number of hydrogen-bond acceptors (Lipinski definition) is 3. The van der Waals surface area contributed by atoms with Gasteiger partial charge in [0.1, 0.15) is 0 Å². The third-order valence-electron chi connectivity index (χ3n) is 4.36. The van der Waals surface area contributed by atoms with Crippen molar-refractivity contribution in [3.05, 3.63) is 35.9 Å². The van der Waals surface area contributed by atoms with E-state index in [1.165, 1.54) is 5.56 Å². The molecular weight excluding hydrogens is 236 g/mol. The van der Waals surface area contributed by atoms with Crippen molar-refractivity contribution in [1.29, 1.82) is 0 Å². The zero-order chi connectivity index (χ0) is 13.8. The molecule has 3 heteroatoms. The molecule has 0 spiro atoms. The van der Waals surface area contributed by atoms with E-state index >= 15 is 0 Å². The Morgan fingerprint density at radius 2 is 2.00 bits per heavy atom. The Hall–Kier alpha value is -0.900. The second-order valence-electron chi connectivity index (χ2n) is 5.96. The summed E-state index contributed by atoms with van der Waals surface area (Å²) in [4.78, 5) is 2.36. The highest BCUT2D eigenvalue weighted by molar-refractivity contribution is 5.21. The molecule has 0 aromatic heterocycles. The monoisotopic (exact) mass is 262 g/mol. The van der Waals surface area contributed by atoms with E-state index in [0.717, 1.165) is 19.5 Å². The van der Waals surface area contributed by atoms with Crippen LogP contribution in [-0.2, 0) is 0 Å². The molecule has 3 N–H and O–H groups in total. The van der Waals surface area contributed by atoms with Crippen molar-refractivity contribution >= 4 is 0 Å². The predicted octanol–water partition coefficient (Wildman–Crippen LogP) is 1.82. The van der Waals surface area contributed by atoms with Crippen LogP contribution in [0.25, 0.3) is 0 Å². The summed E-state index contributed by atoms with van der Waals surface area (Å²) in [6.45, 7) is 6.44. The van der Waals surface area contributed by atoms with Gasteiger partial charge in [-0.2, -0.15) is 0 Å². The summed E-state index contributed by atoms with van der Waals surface area (Å²) in [7, 11) is 0. The van der Waals surface area contributed by atoms with Crippen molar-refractivity contribution in [3.8, 4) is 0 Å². The molecule has 3 unspecified atom stereocenters. The third kappa shape index (κ3) is 3.35. The first-order chi connectivity index (χ1) is 9.13. The summed E-state index contributed by atoms with van der Waals surface area (Å²) in [6, 6.07) is 10.8. The number of aliphatic hydroxyl groups is 1. The molecule has 0 bridgehead atoms. The lowest BCUT2D eigenvalue weighted by Crippen LogP contribution is -2.51. The fraction of sp³-hybridized carbons (Fsp3) is 0.625. The maximum absolute atomic E-state index is 9.64. The van der Waals surface area contributed by atoms with E-state index in [-0.39, 0.29) is 18.7 Å². The smallest absolute Gasteiger partial charge is 0.0602 e. The standard InChI is InChI=1S/C16H26N2O/c1-12(2)16(17)15(11-19)18-9-8-14(10-18)13-6-4-3-5-7-13/h3-7,12,14-16,19H,8-11,17H2,1-2H3. The normalized spacial score (nSPS) is 23.7. The maximum atomic E-state index is 9.64. The van der Waals surface area contributed by atoms with Crippen molar-refractivity contribution in [2.24, 2.45) is 11.7 Å². The van der Waals surface area contributed by atoms with Gasteiger partial charge in [-0.15, -0.1) is 0 Å². The Labute approximate surface area is 116 Å². The van der Waals surface area contributed by atoms with Gasteiger partial charge in [0, 0.05) is 18.6 Å². The van der Waals surface area contributed by atoms with Gasteiger partial charge in [0.2, 0.25) is 0 Å². The van der Waals surface area contributed by atoms with Gasteiger partial charge in [0.15, 0.2) is 0 Å². The molecule has 19 heavy (non-hydrogen) atoms. The van der Waals surface area contributed by atoms with Gasteiger partial charge in [-0.05, 0) is 30.4 Å². The van der Waals surface area contributed by atoms with E-state index < -0.39 is 0 Å². The number of aliphatic hydroxyl groups excluding tert-OH is 1. The lowest BCUT2D eigenvalue weighted by Gasteiger charge is -2.33. The molecular formula is C16H26N2O. The minimum Gasteiger partial charge on any atom is -0.395 e. The van der Waals surface area contributed by atoms with Crippen molar-refractivity contribution < 1.29 is 5.11 Å². The van der Waals surface area contributed by atoms with E-state index in [1.54, 1.807) is 0 Å². The predicted molar refractivity (Wildman–Crippen MR) is 79.1 cm³/mol. The van der Waals surface area contributed by atoms with Crippen LogP contribution in [-0.4, -0.2) is 41.8 Å². The average Bonchev–Trinajstić information content (AvgIpc) is 2.90. The summed E-state index contributed by atoms with van der Waals surface area (Å²) in [5, 5.41) is 9.64. The maximum Gasteiger partial charge on any atom is 0.0602 e. The Morgan fingerprint density at radius 1 is 1.32 bits per heavy atom. The first-order valence-corrected chi connectivity index (χ1v) is 7.29. The van der Waals surface area contributed by atoms with Gasteiger partial charge in [0.25, 0.3) is 0 Å². The van der Waals surface area contributed by atoms with Crippen molar-refractivity contribution in [1.82, 2.24) is 4.90 Å². The lowest BCUT2D eigenvalue weighted by molar-refractivity contribution is 0.110. The molecule has 1 aliphatic heterocycles. The highest BCUT2D eigenvalue weighted by Crippen LogP contribution is 2.29. The third-order valence-corrected chi connectivity index (χ3v) is 4.36. The quantitative estimate of drug-likeness (QED) is 0.851. The molecule has 3 nitrogen and oxygen atoms in total. The summed E-state index contributed by atoms with van der Waals surface area (Å²) in [5.41, 5.74) is 7.64. The highest BCUT2D eigenvalue weighted by Gasteiger charge is 2.32. The van der Waals surface area contributed by atoms with Crippen LogP contribution >= 0.6 is 0 Å². The minimum absolute atomic E-state index is 0.0412. The topological polar surface area (TPSA) is 49.5 Å². The van der Waals surface area contributed by atoms with Gasteiger partial charge in [0.05, 0.1) is 6.61 Å². The number of rotatable bonds is 5. The summed E-state index contributed by atoms with van der Waals surface area (Å²) >= 11 is 0. The minimum atomic E-state index is 0.0412. The number of nitrogens with two attached hydrogens (primary N) is 1. The molecule has 1 saturated heterocycles. The Balaban J connectivity index is 2.01. The van der Waals surface area contributed by atoms with Crippen LogP contribution in [0.2, 0.25) is 0 Å². The second-order valence-corrected chi connectivity index (χ2v) is 5.96. The SMILES string of the molecule is CC(C)C(N)C(CO)N1CCC(c2ccccc2)C1. The Kier molecular flexibility index (Phi) is 4.97. The van der Waals surface area contributed by atoms with E-state index in [9.17, 15) is 5.11 Å². The largest absolute Gasteiger partial charge is 0.395 e. The number of likely N-dealkylation sites (tertiary alicyclic amines) is 1. The number of nitrogens with zero attached hydrogens (tertiary/aromatic N) is 1. The first-order valence-electron chi connectivity index (χ1n) is 7.29. The lowest BCUT2D eigenvalue weighted by atomic mass is 9.96. The summed E-state index contributed by atoms with van der Waals surface area (Å²) in [5.74, 6) is 0.975. The molecule has 1 aromatic rings. The fourth-order valence-electron chi connectivity index (χ4n) is 3.01. The molecule has 1 heterocycles. The summed E-state index contributed by atoms with van der Waals surface area (Å²) < 4.78 is 0. The Bertz CT molecular complexity index is 380. The number of hydrogen-bond donors (Lipinski definition) is 2. The Morgan fingerprint density at radius 3 is 2.58 bits per heavy atom. The second kappa shape index (κ2) is 6.51. The highest BCUT2D eigenvalue weighted by atomic mass is 16.3. The van der Waals surface area contributed by atoms with E-state index in [4.69, 9.17) is 5.73 Å². The van der Waals surface area contributed by atoms with Crippen LogP contribution in [0.5, 0.6) is 0 Å². The molecule has 1 aliphatic rings. The van der Waals surface area contributed by atoms with Crippen LogP contribution in [0.3, 0.4) is 0 Å². The van der Waals surface area contributed by atoms with Crippen LogP contribution in [0.4, 0.5) is 0 Å². The van der Waals surface area contributed by atoms with Gasteiger partial charge in [-0.3, -0.25) is 4.90 Å². The van der Waals surface area contributed by atoms with E-state index in [2.05, 4.69) is 49.1 Å². The van der Waals surface area contributed by atoms with Gasteiger partial charge in [-0.25, -0.2) is 0 Å². The fourth-order valence-corrected chi connectivity index (χ4v) is 3.01. The number of benzene rings is 1. The van der Waals surface area contributed by atoms with Gasteiger partial charge >= 0.3 is 0 Å². The molecule has 0 radical (unpaired) electrons. The zero-order valence-corrected chi connectivity index (χ0v) is 12.0. The van der Waals surface area contributed by atoms with Gasteiger partial charge in [-0.1, -0.05) is 44.2 Å². The molecule has 1 fully saturated rings.